The largest absolute Gasteiger partial charge is 0.525 e. The molecule has 0 spiro atoms. The predicted octanol–water partition coefficient (Wildman–Crippen LogP) is 3.69. The monoisotopic (exact) mass is 356 g/mol. The van der Waals surface area contributed by atoms with Crippen LogP contribution in [0.5, 0.6) is 0 Å². The molecule has 2 aliphatic rings. The Bertz CT molecular complexity index is 830. The van der Waals surface area contributed by atoms with E-state index in [0.717, 1.165) is 18.5 Å². The van der Waals surface area contributed by atoms with Crippen LogP contribution >= 0.6 is 0 Å². The molecule has 26 heavy (non-hydrogen) atoms. The smallest absolute Gasteiger partial charge is 0.398 e. The van der Waals surface area contributed by atoms with Crippen molar-refractivity contribution in [2.24, 2.45) is 0 Å². The van der Waals surface area contributed by atoms with Crippen LogP contribution < -0.4 is 0 Å². The minimum atomic E-state index is -1.03. The molecule has 0 atom stereocenters. The number of nitrogens with one attached hydrogen (secondary N) is 1. The van der Waals surface area contributed by atoms with Crippen LogP contribution in [0.2, 0.25) is 0 Å². The number of aromatic amines is 1. The summed E-state index contributed by atoms with van der Waals surface area (Å²) in [6.07, 6.45) is 8.42. The molecule has 1 aliphatic heterocycles. The van der Waals surface area contributed by atoms with E-state index in [0.29, 0.717) is 22.9 Å². The van der Waals surface area contributed by atoms with Crippen LogP contribution in [0.25, 0.3) is 17.5 Å². The topological polar surface area (TPSA) is 72.9 Å². The zero-order valence-corrected chi connectivity index (χ0v) is 15.4. The molecule has 4 rings (SSSR count). The molecular weight excluding hydrogens is 334 g/mol. The third kappa shape index (κ3) is 2.97. The molecule has 2 fully saturated rings. The van der Waals surface area contributed by atoms with Gasteiger partial charge in [0.25, 0.3) is 0 Å². The molecule has 0 aromatic carbocycles. The van der Waals surface area contributed by atoms with Crippen LogP contribution in [0.4, 0.5) is 4.39 Å². The van der Waals surface area contributed by atoms with Crippen molar-refractivity contribution in [1.82, 2.24) is 20.2 Å². The first-order chi connectivity index (χ1) is 12.3. The summed E-state index contributed by atoms with van der Waals surface area (Å²) < 4.78 is 26.7. The molecule has 136 valence electrons. The number of hydrogen-bond acceptors (Lipinski definition) is 5. The highest BCUT2D eigenvalue weighted by Gasteiger charge is 2.53. The van der Waals surface area contributed by atoms with Crippen LogP contribution in [-0.2, 0) is 9.31 Å². The maximum absolute atomic E-state index is 15.1. The lowest BCUT2D eigenvalue weighted by Gasteiger charge is -2.32. The molecule has 0 unspecified atom stereocenters. The normalized spacial score (nSPS) is 22.0. The molecule has 1 N–H and O–H groups in total. The summed E-state index contributed by atoms with van der Waals surface area (Å²) in [5.74, 6) is 0.380. The first-order valence-electron chi connectivity index (χ1n) is 8.86. The molecule has 1 saturated heterocycles. The minimum Gasteiger partial charge on any atom is -0.398 e. The molecule has 0 radical (unpaired) electrons. The maximum atomic E-state index is 15.1. The average molecular weight is 356 g/mol. The van der Waals surface area contributed by atoms with Gasteiger partial charge in [0.1, 0.15) is 17.1 Å². The number of rotatable bonds is 4. The predicted molar refractivity (Wildman–Crippen MR) is 96.8 cm³/mol. The molecule has 2 aromatic heterocycles. The van der Waals surface area contributed by atoms with Gasteiger partial charge in [-0.25, -0.2) is 4.39 Å². The Morgan fingerprint density at radius 1 is 1.23 bits per heavy atom. The Labute approximate surface area is 152 Å². The molecule has 8 heteroatoms. The van der Waals surface area contributed by atoms with E-state index in [2.05, 4.69) is 20.2 Å². The second-order valence-electron chi connectivity index (χ2n) is 7.88. The highest BCUT2D eigenvalue weighted by molar-refractivity contribution is 6.54. The molecule has 0 bridgehead atoms. The van der Waals surface area contributed by atoms with Gasteiger partial charge < -0.3 is 9.31 Å². The number of halogens is 1. The Hall–Kier alpha value is -2.06. The standard InChI is InChI=1S/C18H22BFN4O2/c1-17(2)18(3,4)26-19(25-17)14(20)9-12-15(11-5-6-11)23-24-16(12)13-10-21-7-8-22-13/h7-11H,5-6H2,1-4H3,(H,23,24). The molecule has 6 nitrogen and oxygen atoms in total. The highest BCUT2D eigenvalue weighted by Crippen LogP contribution is 2.44. The fourth-order valence-electron chi connectivity index (χ4n) is 2.97. The molecular formula is C18H22BFN4O2. The first-order valence-corrected chi connectivity index (χ1v) is 8.86. The summed E-state index contributed by atoms with van der Waals surface area (Å²) in [6.45, 7) is 7.61. The van der Waals surface area contributed by atoms with Crippen molar-refractivity contribution in [3.63, 3.8) is 0 Å². The van der Waals surface area contributed by atoms with Crippen molar-refractivity contribution in [2.75, 3.05) is 0 Å². The van der Waals surface area contributed by atoms with Crippen molar-refractivity contribution in [3.05, 3.63) is 35.6 Å². The summed E-state index contributed by atoms with van der Waals surface area (Å²) in [7, 11) is -1.03. The van der Waals surface area contributed by atoms with Crippen molar-refractivity contribution in [3.8, 4) is 11.4 Å². The SMILES string of the molecule is CC1(C)OB(C(F)=Cc2c(-c3cnccn3)n[nH]c2C2CC2)OC1(C)C. The Kier molecular flexibility index (Phi) is 4.00. The third-order valence-corrected chi connectivity index (χ3v) is 5.39. The Morgan fingerprint density at radius 2 is 1.92 bits per heavy atom. The van der Waals surface area contributed by atoms with Crippen LogP contribution in [-0.4, -0.2) is 38.5 Å². The number of nitrogens with zero attached hydrogens (tertiary/aromatic N) is 3. The summed E-state index contributed by atoms with van der Waals surface area (Å²) in [5.41, 5.74) is 1.16. The summed E-state index contributed by atoms with van der Waals surface area (Å²) in [6, 6.07) is 0. The summed E-state index contributed by atoms with van der Waals surface area (Å²) in [4.78, 5) is 8.38. The van der Waals surface area contributed by atoms with Crippen LogP contribution in [0.3, 0.4) is 0 Å². The zero-order chi connectivity index (χ0) is 18.5. The molecule has 0 amide bonds. The fourth-order valence-corrected chi connectivity index (χ4v) is 2.97. The molecule has 2 aromatic rings. The van der Waals surface area contributed by atoms with E-state index in [1.807, 2.05) is 27.7 Å². The summed E-state index contributed by atoms with van der Waals surface area (Å²) in [5, 5.41) is 7.42. The molecule has 3 heterocycles. The van der Waals surface area contributed by atoms with Gasteiger partial charge in [-0.1, -0.05) is 0 Å². The quantitative estimate of drug-likeness (QED) is 0.846. The number of aromatic nitrogens is 4. The van der Waals surface area contributed by atoms with Gasteiger partial charge in [-0.3, -0.25) is 15.1 Å². The van der Waals surface area contributed by atoms with E-state index in [1.165, 1.54) is 6.08 Å². The number of hydrogen-bond donors (Lipinski definition) is 1. The average Bonchev–Trinajstić information content (AvgIpc) is 3.30. The second kappa shape index (κ2) is 5.99. The van der Waals surface area contributed by atoms with Gasteiger partial charge in [0.05, 0.1) is 17.4 Å². The van der Waals surface area contributed by atoms with Crippen molar-refractivity contribution < 1.29 is 13.7 Å². The van der Waals surface area contributed by atoms with E-state index in [-0.39, 0.29) is 0 Å². The lowest BCUT2D eigenvalue weighted by atomic mass is 9.86. The third-order valence-electron chi connectivity index (χ3n) is 5.39. The van der Waals surface area contributed by atoms with E-state index >= 15 is 4.39 Å². The van der Waals surface area contributed by atoms with Crippen molar-refractivity contribution in [2.45, 2.75) is 57.7 Å². The van der Waals surface area contributed by atoms with Gasteiger partial charge in [-0.05, 0) is 46.6 Å². The van der Waals surface area contributed by atoms with Crippen LogP contribution in [0, 0.1) is 0 Å². The van der Waals surface area contributed by atoms with Gasteiger partial charge in [-0.2, -0.15) is 5.10 Å². The van der Waals surface area contributed by atoms with E-state index in [1.54, 1.807) is 18.6 Å². The minimum absolute atomic E-state index is 0.380. The lowest BCUT2D eigenvalue weighted by molar-refractivity contribution is 0.00578. The van der Waals surface area contributed by atoms with E-state index in [9.17, 15) is 0 Å². The Balaban J connectivity index is 1.71. The van der Waals surface area contributed by atoms with Crippen LogP contribution in [0.1, 0.15) is 57.7 Å². The van der Waals surface area contributed by atoms with E-state index in [4.69, 9.17) is 9.31 Å². The zero-order valence-electron chi connectivity index (χ0n) is 15.4. The highest BCUT2D eigenvalue weighted by atomic mass is 19.1. The fraction of sp³-hybridized carbons (Fsp3) is 0.500. The second-order valence-corrected chi connectivity index (χ2v) is 7.88. The van der Waals surface area contributed by atoms with Crippen LogP contribution in [0.15, 0.2) is 24.3 Å². The first kappa shape index (κ1) is 17.4. The molecule has 1 saturated carbocycles. The van der Waals surface area contributed by atoms with Gasteiger partial charge in [0.2, 0.25) is 0 Å². The van der Waals surface area contributed by atoms with E-state index < -0.39 is 24.0 Å². The van der Waals surface area contributed by atoms with Gasteiger partial charge in [-0.15, -0.1) is 0 Å². The van der Waals surface area contributed by atoms with Gasteiger partial charge in [0.15, 0.2) is 0 Å². The maximum Gasteiger partial charge on any atom is 0.525 e. The van der Waals surface area contributed by atoms with Gasteiger partial charge in [0, 0.05) is 29.6 Å². The lowest BCUT2D eigenvalue weighted by Crippen LogP contribution is -2.41. The van der Waals surface area contributed by atoms with Crippen molar-refractivity contribution >= 4 is 13.2 Å². The van der Waals surface area contributed by atoms with Gasteiger partial charge >= 0.3 is 7.12 Å². The summed E-state index contributed by atoms with van der Waals surface area (Å²) >= 11 is 0. The molecule has 1 aliphatic carbocycles. The Morgan fingerprint density at radius 3 is 2.50 bits per heavy atom. The van der Waals surface area contributed by atoms with Crippen molar-refractivity contribution in [1.29, 1.82) is 0 Å². The number of H-pyrrole nitrogens is 1.